The third-order valence-electron chi connectivity index (χ3n) is 5.36. The van der Waals surface area contributed by atoms with Gasteiger partial charge in [-0.2, -0.15) is 0 Å². The zero-order chi connectivity index (χ0) is 21.9. The molecule has 0 unspecified atom stereocenters. The Hall–Kier alpha value is -1.97. The van der Waals surface area contributed by atoms with Gasteiger partial charge in [-0.15, -0.1) is 0 Å². The summed E-state index contributed by atoms with van der Waals surface area (Å²) in [7, 11) is 0. The number of aliphatic hydroxyl groups excluding tert-OH is 2. The van der Waals surface area contributed by atoms with Gasteiger partial charge in [0.05, 0.1) is 0 Å². The van der Waals surface area contributed by atoms with Crippen LogP contribution in [0.1, 0.15) is 77.4 Å². The molecule has 0 aliphatic carbocycles. The van der Waals surface area contributed by atoms with Crippen LogP contribution in [0.2, 0.25) is 0 Å². The molecule has 0 saturated carbocycles. The van der Waals surface area contributed by atoms with Gasteiger partial charge in [0.2, 0.25) is 0 Å². The second-order valence-corrected chi connectivity index (χ2v) is 7.83. The summed E-state index contributed by atoms with van der Waals surface area (Å²) in [6.07, 6.45) is 6.98. The number of aromatic amines is 1. The molecule has 1 fully saturated rings. The summed E-state index contributed by atoms with van der Waals surface area (Å²) in [4.78, 5) is 37.0. The van der Waals surface area contributed by atoms with E-state index in [-0.39, 0.29) is 12.6 Å². The lowest BCUT2D eigenvalue weighted by atomic mass is 10.1. The van der Waals surface area contributed by atoms with E-state index in [1.54, 1.807) is 0 Å². The van der Waals surface area contributed by atoms with Gasteiger partial charge in [0, 0.05) is 18.7 Å². The SMILES string of the molecule is CCCCCCCCCCCC(=O)OC[C@H]1O[C@@H](n2ccc(=O)[nH]c2=O)[C@H](O)[C@@H]1O. The van der Waals surface area contributed by atoms with Gasteiger partial charge >= 0.3 is 11.7 Å². The lowest BCUT2D eigenvalue weighted by molar-refractivity contribution is -0.150. The Morgan fingerprint density at radius 1 is 1.07 bits per heavy atom. The normalized spacial score (nSPS) is 23.6. The number of nitrogens with zero attached hydrogens (tertiary/aromatic N) is 1. The van der Waals surface area contributed by atoms with Crippen LogP contribution in [0.25, 0.3) is 0 Å². The number of ether oxygens (including phenoxy) is 2. The van der Waals surface area contributed by atoms with Gasteiger partial charge in [-0.3, -0.25) is 19.1 Å². The average Bonchev–Trinajstić information content (AvgIpc) is 2.99. The van der Waals surface area contributed by atoms with E-state index in [9.17, 15) is 24.6 Å². The fourth-order valence-corrected chi connectivity index (χ4v) is 3.55. The molecule has 9 heteroatoms. The Morgan fingerprint density at radius 2 is 1.70 bits per heavy atom. The highest BCUT2D eigenvalue weighted by molar-refractivity contribution is 5.69. The molecular formula is C21H34N2O7. The molecule has 2 rings (SSSR count). The van der Waals surface area contributed by atoms with Gasteiger partial charge in [0.25, 0.3) is 5.56 Å². The maximum atomic E-state index is 11.9. The van der Waals surface area contributed by atoms with Gasteiger partial charge in [-0.1, -0.05) is 58.3 Å². The zero-order valence-electron chi connectivity index (χ0n) is 17.6. The Kier molecular flexibility index (Phi) is 10.3. The summed E-state index contributed by atoms with van der Waals surface area (Å²) < 4.78 is 11.7. The van der Waals surface area contributed by atoms with Gasteiger partial charge in [-0.25, -0.2) is 4.79 Å². The van der Waals surface area contributed by atoms with Crippen LogP contribution in [0.5, 0.6) is 0 Å². The number of rotatable bonds is 13. The minimum atomic E-state index is -1.39. The fourth-order valence-electron chi connectivity index (χ4n) is 3.55. The molecule has 1 aromatic rings. The summed E-state index contributed by atoms with van der Waals surface area (Å²) >= 11 is 0. The van der Waals surface area contributed by atoms with Crippen LogP contribution in [0.3, 0.4) is 0 Å². The molecule has 30 heavy (non-hydrogen) atoms. The Bertz CT molecular complexity index is 760. The van der Waals surface area contributed by atoms with E-state index in [0.717, 1.165) is 29.9 Å². The molecule has 0 spiro atoms. The van der Waals surface area contributed by atoms with Gasteiger partial charge in [0.15, 0.2) is 6.23 Å². The summed E-state index contributed by atoms with van der Waals surface area (Å²) in [5.74, 6) is -0.382. The highest BCUT2D eigenvalue weighted by atomic mass is 16.6. The first-order valence-electron chi connectivity index (χ1n) is 10.9. The molecule has 170 valence electrons. The van der Waals surface area contributed by atoms with E-state index in [1.807, 2.05) is 0 Å². The number of aliphatic hydroxyl groups is 2. The van der Waals surface area contributed by atoms with Gasteiger partial charge in [0.1, 0.15) is 24.9 Å². The highest BCUT2D eigenvalue weighted by Crippen LogP contribution is 2.28. The standard InChI is InChI=1S/C21H34N2O7/c1-2-3-4-5-6-7-8-9-10-11-17(25)29-14-15-18(26)19(27)20(30-15)23-13-12-16(24)22-21(23)28/h12-13,15,18-20,26-27H,2-11,14H2,1H3,(H,22,24,28)/t15-,18-,19-,20-/m1/s1. The van der Waals surface area contributed by atoms with Crippen LogP contribution in [0, 0.1) is 0 Å². The number of aromatic nitrogens is 2. The van der Waals surface area contributed by atoms with Crippen LogP contribution >= 0.6 is 0 Å². The van der Waals surface area contributed by atoms with Gasteiger partial charge in [-0.05, 0) is 6.42 Å². The first kappa shape index (κ1) is 24.3. The van der Waals surface area contributed by atoms with Crippen molar-refractivity contribution in [1.29, 1.82) is 0 Å². The molecule has 1 aromatic heterocycles. The highest BCUT2D eigenvalue weighted by Gasteiger charge is 2.44. The van der Waals surface area contributed by atoms with E-state index in [2.05, 4.69) is 11.9 Å². The van der Waals surface area contributed by atoms with E-state index < -0.39 is 35.8 Å². The number of nitrogens with one attached hydrogen (secondary N) is 1. The third-order valence-corrected chi connectivity index (χ3v) is 5.36. The van der Waals surface area contributed by atoms with Gasteiger partial charge < -0.3 is 19.7 Å². The van der Waals surface area contributed by atoms with Crippen molar-refractivity contribution < 1.29 is 24.5 Å². The number of unbranched alkanes of at least 4 members (excludes halogenated alkanes) is 8. The number of esters is 1. The van der Waals surface area contributed by atoms with Crippen molar-refractivity contribution in [3.05, 3.63) is 33.1 Å². The van der Waals surface area contributed by atoms with E-state index in [0.29, 0.717) is 6.42 Å². The minimum Gasteiger partial charge on any atom is -0.463 e. The Morgan fingerprint density at radius 3 is 2.33 bits per heavy atom. The molecular weight excluding hydrogens is 392 g/mol. The van der Waals surface area contributed by atoms with Crippen molar-refractivity contribution in [2.45, 2.75) is 95.7 Å². The van der Waals surface area contributed by atoms with Crippen molar-refractivity contribution >= 4 is 5.97 Å². The van der Waals surface area contributed by atoms with Crippen molar-refractivity contribution in [2.24, 2.45) is 0 Å². The molecule has 0 bridgehead atoms. The Balaban J connectivity index is 1.66. The fraction of sp³-hybridized carbons (Fsp3) is 0.762. The first-order chi connectivity index (χ1) is 14.4. The van der Waals surface area contributed by atoms with Crippen molar-refractivity contribution in [3.63, 3.8) is 0 Å². The van der Waals surface area contributed by atoms with Crippen LogP contribution in [-0.2, 0) is 14.3 Å². The summed E-state index contributed by atoms with van der Waals surface area (Å²) in [5.41, 5.74) is -1.34. The second kappa shape index (κ2) is 12.7. The molecule has 1 aliphatic rings. The van der Waals surface area contributed by atoms with E-state index >= 15 is 0 Å². The topological polar surface area (TPSA) is 131 Å². The number of hydrogen-bond acceptors (Lipinski definition) is 7. The van der Waals surface area contributed by atoms with E-state index in [4.69, 9.17) is 9.47 Å². The smallest absolute Gasteiger partial charge is 0.330 e. The van der Waals surface area contributed by atoms with Crippen molar-refractivity contribution in [2.75, 3.05) is 6.61 Å². The van der Waals surface area contributed by atoms with E-state index in [1.165, 1.54) is 44.7 Å². The molecule has 4 atom stereocenters. The maximum Gasteiger partial charge on any atom is 0.330 e. The number of carbonyl (C=O) groups is 1. The largest absolute Gasteiger partial charge is 0.463 e. The molecule has 9 nitrogen and oxygen atoms in total. The van der Waals surface area contributed by atoms with Crippen LogP contribution < -0.4 is 11.2 Å². The lowest BCUT2D eigenvalue weighted by Gasteiger charge is -2.16. The summed E-state index contributed by atoms with van der Waals surface area (Å²) in [6, 6.07) is 1.11. The van der Waals surface area contributed by atoms with Crippen LogP contribution in [-0.4, -0.2) is 50.7 Å². The second-order valence-electron chi connectivity index (χ2n) is 7.83. The molecule has 1 aliphatic heterocycles. The Labute approximate surface area is 176 Å². The monoisotopic (exact) mass is 426 g/mol. The summed E-state index contributed by atoms with van der Waals surface area (Å²) in [6.45, 7) is 1.98. The molecule has 3 N–H and O–H groups in total. The lowest BCUT2D eigenvalue weighted by Crippen LogP contribution is -2.37. The molecule has 1 saturated heterocycles. The minimum absolute atomic E-state index is 0.219. The molecule has 0 aromatic carbocycles. The zero-order valence-corrected chi connectivity index (χ0v) is 17.6. The van der Waals surface area contributed by atoms with Crippen molar-refractivity contribution in [1.82, 2.24) is 9.55 Å². The number of hydrogen-bond donors (Lipinski definition) is 3. The summed E-state index contributed by atoms with van der Waals surface area (Å²) in [5, 5.41) is 20.3. The number of carbonyl (C=O) groups excluding carboxylic acids is 1. The predicted octanol–water partition coefficient (Wildman–Crippen LogP) is 1.62. The van der Waals surface area contributed by atoms with Crippen molar-refractivity contribution in [3.8, 4) is 0 Å². The first-order valence-corrected chi connectivity index (χ1v) is 10.9. The maximum absolute atomic E-state index is 11.9. The van der Waals surface area contributed by atoms with Crippen LogP contribution in [0.4, 0.5) is 0 Å². The van der Waals surface area contributed by atoms with Crippen LogP contribution in [0.15, 0.2) is 21.9 Å². The predicted molar refractivity (Wildman–Crippen MR) is 110 cm³/mol. The average molecular weight is 427 g/mol. The quantitative estimate of drug-likeness (QED) is 0.323. The molecule has 0 radical (unpaired) electrons. The molecule has 0 amide bonds. The third kappa shape index (κ3) is 7.37. The number of H-pyrrole nitrogens is 1. The molecule has 2 heterocycles.